The van der Waals surface area contributed by atoms with Gasteiger partial charge in [-0.15, -0.1) is 24.0 Å². The molecule has 2 N–H and O–H groups in total. The Balaban J connectivity index is 0.00000280. The summed E-state index contributed by atoms with van der Waals surface area (Å²) in [6.45, 7) is 12.5. The number of thioether (sulfide) groups is 1. The van der Waals surface area contributed by atoms with E-state index in [1.54, 1.807) is 0 Å². The highest BCUT2D eigenvalue weighted by atomic mass is 127. The highest BCUT2D eigenvalue weighted by molar-refractivity contribution is 14.0. The molecule has 3 aliphatic rings. The van der Waals surface area contributed by atoms with E-state index >= 15 is 0 Å². The molecule has 0 aromatic carbocycles. The third-order valence-corrected chi connectivity index (χ3v) is 7.08. The van der Waals surface area contributed by atoms with Gasteiger partial charge in [-0.25, -0.2) is 0 Å². The molecule has 0 atom stereocenters. The average molecular weight is 526 g/mol. The SMILES string of the molecule is CCNC(=NCC1(N2CCSCC2)CCCC1)NCCCN1CCOCC1.I. The van der Waals surface area contributed by atoms with E-state index in [1.807, 2.05) is 0 Å². The van der Waals surface area contributed by atoms with Crippen molar-refractivity contribution in [3.63, 3.8) is 0 Å². The van der Waals surface area contributed by atoms with Gasteiger partial charge in [0.25, 0.3) is 0 Å². The van der Waals surface area contributed by atoms with Crippen molar-refractivity contribution in [3.8, 4) is 0 Å². The number of rotatable bonds is 8. The first-order valence-electron chi connectivity index (χ1n) is 11.0. The molecule has 3 fully saturated rings. The highest BCUT2D eigenvalue weighted by Gasteiger charge is 2.39. The minimum Gasteiger partial charge on any atom is -0.379 e. The molecular weight excluding hydrogens is 485 g/mol. The third-order valence-electron chi connectivity index (χ3n) is 6.14. The average Bonchev–Trinajstić information content (AvgIpc) is 3.21. The lowest BCUT2D eigenvalue weighted by atomic mass is 9.95. The van der Waals surface area contributed by atoms with E-state index in [0.29, 0.717) is 5.54 Å². The maximum atomic E-state index is 5.42. The Morgan fingerprint density at radius 3 is 2.46 bits per heavy atom. The Labute approximate surface area is 193 Å². The molecule has 2 heterocycles. The Hall–Kier alpha value is 0.230. The quantitative estimate of drug-likeness (QED) is 0.220. The van der Waals surface area contributed by atoms with Crippen molar-refractivity contribution >= 4 is 41.7 Å². The van der Waals surface area contributed by atoms with Gasteiger partial charge in [-0.1, -0.05) is 12.8 Å². The summed E-state index contributed by atoms with van der Waals surface area (Å²) < 4.78 is 5.42. The first-order valence-corrected chi connectivity index (χ1v) is 12.1. The number of nitrogens with one attached hydrogen (secondary N) is 2. The van der Waals surface area contributed by atoms with Crippen LogP contribution in [0.2, 0.25) is 0 Å². The summed E-state index contributed by atoms with van der Waals surface area (Å²) >= 11 is 2.10. The number of hydrogen-bond donors (Lipinski definition) is 2. The fourth-order valence-corrected chi connectivity index (χ4v) is 5.45. The van der Waals surface area contributed by atoms with E-state index in [9.17, 15) is 0 Å². The first kappa shape index (κ1) is 24.5. The van der Waals surface area contributed by atoms with Crippen molar-refractivity contribution in [1.29, 1.82) is 0 Å². The van der Waals surface area contributed by atoms with Crippen LogP contribution in [0.15, 0.2) is 4.99 Å². The number of guanidine groups is 1. The predicted octanol–water partition coefficient (Wildman–Crippen LogP) is 2.24. The molecule has 6 nitrogen and oxygen atoms in total. The fourth-order valence-electron chi connectivity index (χ4n) is 4.55. The number of ether oxygens (including phenoxy) is 1. The zero-order valence-electron chi connectivity index (χ0n) is 17.6. The summed E-state index contributed by atoms with van der Waals surface area (Å²) in [5, 5.41) is 7.01. The molecule has 0 aromatic rings. The molecule has 0 amide bonds. The van der Waals surface area contributed by atoms with Crippen LogP contribution >= 0.6 is 35.7 Å². The monoisotopic (exact) mass is 525 g/mol. The van der Waals surface area contributed by atoms with Crippen LogP contribution in [-0.4, -0.2) is 98.4 Å². The summed E-state index contributed by atoms with van der Waals surface area (Å²) in [6.07, 6.45) is 6.51. The zero-order valence-corrected chi connectivity index (χ0v) is 20.7. The van der Waals surface area contributed by atoms with E-state index in [-0.39, 0.29) is 24.0 Å². The number of hydrogen-bond acceptors (Lipinski definition) is 5. The number of nitrogens with zero attached hydrogens (tertiary/aromatic N) is 3. The van der Waals surface area contributed by atoms with Crippen LogP contribution in [0.5, 0.6) is 0 Å². The summed E-state index contributed by atoms with van der Waals surface area (Å²) in [4.78, 5) is 10.3. The largest absolute Gasteiger partial charge is 0.379 e. The van der Waals surface area contributed by atoms with E-state index in [4.69, 9.17) is 9.73 Å². The molecule has 28 heavy (non-hydrogen) atoms. The molecule has 0 aromatic heterocycles. The van der Waals surface area contributed by atoms with E-state index < -0.39 is 0 Å². The smallest absolute Gasteiger partial charge is 0.191 e. The van der Waals surface area contributed by atoms with Gasteiger partial charge < -0.3 is 15.4 Å². The maximum Gasteiger partial charge on any atom is 0.191 e. The molecule has 3 rings (SSSR count). The molecule has 0 bridgehead atoms. The lowest BCUT2D eigenvalue weighted by Crippen LogP contribution is -2.53. The van der Waals surface area contributed by atoms with Crippen LogP contribution in [0.1, 0.15) is 39.0 Å². The van der Waals surface area contributed by atoms with Crippen LogP contribution < -0.4 is 10.6 Å². The van der Waals surface area contributed by atoms with Crippen LogP contribution in [0.25, 0.3) is 0 Å². The lowest BCUT2D eigenvalue weighted by Gasteiger charge is -2.42. The van der Waals surface area contributed by atoms with Crippen LogP contribution in [-0.2, 0) is 4.74 Å². The molecule has 1 aliphatic carbocycles. The van der Waals surface area contributed by atoms with Gasteiger partial charge in [-0.05, 0) is 32.7 Å². The van der Waals surface area contributed by atoms with Crippen LogP contribution in [0.4, 0.5) is 0 Å². The second kappa shape index (κ2) is 13.5. The van der Waals surface area contributed by atoms with Gasteiger partial charge in [-0.2, -0.15) is 11.8 Å². The minimum absolute atomic E-state index is 0. The van der Waals surface area contributed by atoms with Crippen molar-refractivity contribution in [2.45, 2.75) is 44.6 Å². The first-order chi connectivity index (χ1) is 13.3. The topological polar surface area (TPSA) is 52.1 Å². The van der Waals surface area contributed by atoms with Crippen molar-refractivity contribution in [1.82, 2.24) is 20.4 Å². The molecule has 2 aliphatic heterocycles. The minimum atomic E-state index is 0. The van der Waals surface area contributed by atoms with Crippen molar-refractivity contribution in [2.75, 3.05) is 77.1 Å². The number of morpholine rings is 1. The second-order valence-corrected chi connectivity index (χ2v) is 9.19. The van der Waals surface area contributed by atoms with Gasteiger partial charge in [0, 0.05) is 56.3 Å². The van der Waals surface area contributed by atoms with E-state index in [0.717, 1.165) is 64.9 Å². The van der Waals surface area contributed by atoms with Gasteiger partial charge in [0.1, 0.15) is 0 Å². The van der Waals surface area contributed by atoms with Gasteiger partial charge >= 0.3 is 0 Å². The Bertz CT molecular complexity index is 450. The summed E-state index contributed by atoms with van der Waals surface area (Å²) in [6, 6.07) is 0. The van der Waals surface area contributed by atoms with Crippen LogP contribution in [0.3, 0.4) is 0 Å². The molecule has 1 saturated carbocycles. The lowest BCUT2D eigenvalue weighted by molar-refractivity contribution is 0.0376. The second-order valence-electron chi connectivity index (χ2n) is 7.96. The highest BCUT2D eigenvalue weighted by Crippen LogP contribution is 2.37. The van der Waals surface area contributed by atoms with Gasteiger partial charge in [-0.3, -0.25) is 14.8 Å². The molecular formula is C20H40IN5OS. The third kappa shape index (κ3) is 7.49. The van der Waals surface area contributed by atoms with Crippen molar-refractivity contribution in [3.05, 3.63) is 0 Å². The molecule has 0 radical (unpaired) electrons. The molecule has 8 heteroatoms. The Morgan fingerprint density at radius 2 is 1.79 bits per heavy atom. The maximum absolute atomic E-state index is 5.42. The summed E-state index contributed by atoms with van der Waals surface area (Å²) in [5.74, 6) is 3.56. The Kier molecular flexibility index (Phi) is 11.8. The van der Waals surface area contributed by atoms with Crippen molar-refractivity contribution in [2.24, 2.45) is 4.99 Å². The summed E-state index contributed by atoms with van der Waals surface area (Å²) in [5.41, 5.74) is 0.317. The van der Waals surface area contributed by atoms with E-state index in [1.165, 1.54) is 50.3 Å². The normalized spacial score (nSPS) is 24.0. The molecule has 164 valence electrons. The van der Waals surface area contributed by atoms with Crippen molar-refractivity contribution < 1.29 is 4.74 Å². The molecule has 0 spiro atoms. The Morgan fingerprint density at radius 1 is 1.07 bits per heavy atom. The van der Waals surface area contributed by atoms with Gasteiger partial charge in [0.2, 0.25) is 0 Å². The van der Waals surface area contributed by atoms with Gasteiger partial charge in [0.05, 0.1) is 19.8 Å². The summed E-state index contributed by atoms with van der Waals surface area (Å²) in [7, 11) is 0. The van der Waals surface area contributed by atoms with Crippen LogP contribution in [0, 0.1) is 0 Å². The standard InChI is InChI=1S/C20H39N5OS.HI/c1-2-21-19(22-8-5-9-24-10-14-26-15-11-24)23-18-20(6-3-4-7-20)25-12-16-27-17-13-25;/h2-18H2,1H3,(H2,21,22,23);1H. The number of aliphatic imine (C=N–C) groups is 1. The predicted molar refractivity (Wildman–Crippen MR) is 131 cm³/mol. The van der Waals surface area contributed by atoms with E-state index in [2.05, 4.69) is 39.1 Å². The zero-order chi connectivity index (χ0) is 18.8. The number of halogens is 1. The fraction of sp³-hybridized carbons (Fsp3) is 0.950. The molecule has 0 unspecified atom stereocenters. The molecule has 2 saturated heterocycles. The van der Waals surface area contributed by atoms with Gasteiger partial charge in [0.15, 0.2) is 5.96 Å².